The van der Waals surface area contributed by atoms with Crippen LogP contribution < -0.4 is 43.8 Å². The van der Waals surface area contributed by atoms with Crippen molar-refractivity contribution < 1.29 is 24.0 Å². The maximum atomic E-state index is 13.0. The molecule has 15 heteroatoms. The second-order valence-corrected chi connectivity index (χ2v) is 9.74. The third-order valence-electron chi connectivity index (χ3n) is 6.57. The number of guanidine groups is 1. The molecule has 0 spiro atoms. The Morgan fingerprint density at radius 2 is 1.71 bits per heavy atom. The van der Waals surface area contributed by atoms with Crippen LogP contribution in [0.1, 0.15) is 31.2 Å². The Morgan fingerprint density at radius 1 is 0.976 bits per heavy atom. The van der Waals surface area contributed by atoms with Crippen LogP contribution in [0.2, 0.25) is 0 Å². The summed E-state index contributed by atoms with van der Waals surface area (Å²) in [7, 11) is 0. The van der Waals surface area contributed by atoms with Crippen LogP contribution in [0.4, 0.5) is 0 Å². The van der Waals surface area contributed by atoms with E-state index in [-0.39, 0.29) is 31.3 Å². The molecule has 1 aliphatic heterocycles. The first-order valence-electron chi connectivity index (χ1n) is 13.4. The molecule has 0 saturated carbocycles. The third kappa shape index (κ3) is 9.79. The molecule has 0 unspecified atom stereocenters. The minimum Gasteiger partial charge on any atom is -0.370 e. The highest BCUT2D eigenvalue weighted by Gasteiger charge is 2.28. The Balaban J connectivity index is 1.62. The Hall–Kier alpha value is -4.66. The number of amides is 5. The number of aromatic amines is 1. The topological polar surface area (TPSA) is 252 Å². The molecule has 15 nitrogen and oxygen atoms in total. The number of carbonyl (C=O) groups is 5. The lowest BCUT2D eigenvalue weighted by Gasteiger charge is -2.21. The normalized spacial score (nSPS) is 15.9. The molecule has 0 radical (unpaired) electrons. The van der Waals surface area contributed by atoms with Crippen LogP contribution in [0.25, 0.3) is 10.9 Å². The second kappa shape index (κ2) is 15.2. The molecular formula is C26H38N10O5. The van der Waals surface area contributed by atoms with Gasteiger partial charge in [-0.3, -0.25) is 29.0 Å². The Morgan fingerprint density at radius 3 is 2.41 bits per heavy atom. The van der Waals surface area contributed by atoms with Crippen LogP contribution in [0.15, 0.2) is 35.5 Å². The number of H-pyrrole nitrogens is 1. The van der Waals surface area contributed by atoms with Gasteiger partial charge in [0.2, 0.25) is 29.5 Å². The number of fused-ring (bicyclic) bond motifs is 1. The van der Waals surface area contributed by atoms with Crippen LogP contribution in [0, 0.1) is 0 Å². The predicted octanol–water partition coefficient (Wildman–Crippen LogP) is -2.80. The summed E-state index contributed by atoms with van der Waals surface area (Å²) in [4.78, 5) is 69.5. The van der Waals surface area contributed by atoms with Gasteiger partial charge in [0, 0.05) is 30.1 Å². The molecule has 1 aromatic heterocycles. The molecule has 3 rings (SSSR count). The summed E-state index contributed by atoms with van der Waals surface area (Å²) < 4.78 is 0. The van der Waals surface area contributed by atoms with Crippen LogP contribution >= 0.6 is 0 Å². The van der Waals surface area contributed by atoms with Crippen LogP contribution in [0.3, 0.4) is 0 Å². The number of nitrogens with zero attached hydrogens (tertiary/aromatic N) is 1. The van der Waals surface area contributed by atoms with Crippen LogP contribution in [-0.2, 0) is 30.4 Å². The van der Waals surface area contributed by atoms with E-state index in [1.807, 2.05) is 24.3 Å². The minimum atomic E-state index is -1.05. The number of carbonyl (C=O) groups excluding carboxylic acids is 5. The number of benzene rings is 1. The van der Waals surface area contributed by atoms with Gasteiger partial charge in [-0.1, -0.05) is 18.2 Å². The maximum Gasteiger partial charge on any atom is 0.243 e. The molecule has 222 valence electrons. The lowest BCUT2D eigenvalue weighted by atomic mass is 10.0. The van der Waals surface area contributed by atoms with Gasteiger partial charge >= 0.3 is 0 Å². The quantitative estimate of drug-likeness (QED) is 0.0613. The number of primary amides is 1. The third-order valence-corrected chi connectivity index (χ3v) is 6.57. The van der Waals surface area contributed by atoms with Crippen molar-refractivity contribution in [1.29, 1.82) is 0 Å². The summed E-state index contributed by atoms with van der Waals surface area (Å²) in [5.74, 6) is -2.93. The molecule has 5 amide bonds. The van der Waals surface area contributed by atoms with Crippen molar-refractivity contribution in [3.05, 3.63) is 36.0 Å². The number of rotatable bonds is 15. The number of aliphatic imine (C=N–C) groups is 1. The van der Waals surface area contributed by atoms with Gasteiger partial charge in [0.1, 0.15) is 12.1 Å². The van der Waals surface area contributed by atoms with E-state index in [9.17, 15) is 24.0 Å². The monoisotopic (exact) mass is 570 g/mol. The number of para-hydroxylation sites is 1. The van der Waals surface area contributed by atoms with E-state index >= 15 is 0 Å². The average Bonchev–Trinajstić information content (AvgIpc) is 3.62. The van der Waals surface area contributed by atoms with Gasteiger partial charge < -0.3 is 48.8 Å². The SMILES string of the molecule is NC(=O)CNC(=O)[C@H](Cc1c[nH]c2ccccc12)NC(=O)CNC(=O)[C@@H](CCCN=C(N)N)NC(=O)[C@@H]1CCCN1. The molecule has 2 heterocycles. The Labute approximate surface area is 236 Å². The van der Waals surface area contributed by atoms with E-state index in [0.717, 1.165) is 22.9 Å². The molecule has 12 N–H and O–H groups in total. The lowest BCUT2D eigenvalue weighted by Crippen LogP contribution is -2.54. The molecule has 1 aromatic carbocycles. The number of hydrogen-bond acceptors (Lipinski definition) is 7. The highest BCUT2D eigenvalue weighted by molar-refractivity contribution is 5.94. The Kier molecular flexibility index (Phi) is 11.5. The van der Waals surface area contributed by atoms with Crippen molar-refractivity contribution >= 4 is 46.4 Å². The van der Waals surface area contributed by atoms with E-state index in [1.54, 1.807) is 6.20 Å². The highest BCUT2D eigenvalue weighted by Crippen LogP contribution is 2.19. The molecule has 1 fully saturated rings. The number of nitrogens with one attached hydrogen (secondary N) is 6. The molecule has 0 bridgehead atoms. The van der Waals surface area contributed by atoms with Gasteiger partial charge in [-0.2, -0.15) is 0 Å². The minimum absolute atomic E-state index is 0.0797. The Bertz CT molecular complexity index is 1270. The van der Waals surface area contributed by atoms with Gasteiger partial charge in [0.15, 0.2) is 5.96 Å². The van der Waals surface area contributed by atoms with Crippen molar-refractivity contribution in [2.75, 3.05) is 26.2 Å². The zero-order valence-electron chi connectivity index (χ0n) is 22.7. The lowest BCUT2D eigenvalue weighted by molar-refractivity contribution is -0.132. The predicted molar refractivity (Wildman–Crippen MR) is 152 cm³/mol. The number of aromatic nitrogens is 1. The standard InChI is InChI=1S/C26H38N10O5/c27-21(37)13-33-24(40)20(11-15-12-32-17-6-2-1-5-16(15)17)35-22(38)14-34-23(39)19(8-4-10-31-26(28)29)36-25(41)18-7-3-9-30-18/h1-2,5-6,12,18-20,30,32H,3-4,7-11,13-14H2,(H2,27,37)(H,33,40)(H,34,39)(H,35,38)(H,36,41)(H4,28,29,31)/t18-,19+,20-/m0/s1. The average molecular weight is 571 g/mol. The first kappa shape index (κ1) is 30.9. The molecular weight excluding hydrogens is 532 g/mol. The largest absolute Gasteiger partial charge is 0.370 e. The molecule has 3 atom stereocenters. The smallest absolute Gasteiger partial charge is 0.243 e. The van der Waals surface area contributed by atoms with Gasteiger partial charge in [-0.25, -0.2) is 0 Å². The van der Waals surface area contributed by atoms with Gasteiger partial charge in [-0.15, -0.1) is 0 Å². The van der Waals surface area contributed by atoms with Crippen LogP contribution in [-0.4, -0.2) is 84.8 Å². The summed E-state index contributed by atoms with van der Waals surface area (Å²) in [5.41, 5.74) is 17.5. The molecule has 1 aliphatic rings. The zero-order valence-corrected chi connectivity index (χ0v) is 22.7. The maximum absolute atomic E-state index is 13.0. The fraction of sp³-hybridized carbons (Fsp3) is 0.462. The molecule has 1 saturated heterocycles. The van der Waals surface area contributed by atoms with E-state index < -0.39 is 54.8 Å². The van der Waals surface area contributed by atoms with E-state index in [4.69, 9.17) is 17.2 Å². The summed E-state index contributed by atoms with van der Waals surface area (Å²) in [6.45, 7) is 0.133. The van der Waals surface area contributed by atoms with Gasteiger partial charge in [0.25, 0.3) is 0 Å². The second-order valence-electron chi connectivity index (χ2n) is 9.74. The highest BCUT2D eigenvalue weighted by atomic mass is 16.2. The van der Waals surface area contributed by atoms with E-state index in [0.29, 0.717) is 19.4 Å². The van der Waals surface area contributed by atoms with Gasteiger partial charge in [-0.05, 0) is 43.9 Å². The zero-order chi connectivity index (χ0) is 29.8. The first-order valence-corrected chi connectivity index (χ1v) is 13.4. The summed E-state index contributed by atoms with van der Waals surface area (Å²) in [6.07, 6.45) is 4.02. The van der Waals surface area contributed by atoms with Crippen LogP contribution in [0.5, 0.6) is 0 Å². The van der Waals surface area contributed by atoms with E-state index in [1.165, 1.54) is 0 Å². The molecule has 41 heavy (non-hydrogen) atoms. The van der Waals surface area contributed by atoms with Crippen molar-refractivity contribution in [2.24, 2.45) is 22.2 Å². The van der Waals surface area contributed by atoms with Crippen molar-refractivity contribution in [3.8, 4) is 0 Å². The van der Waals surface area contributed by atoms with Crippen molar-refractivity contribution in [1.82, 2.24) is 31.6 Å². The van der Waals surface area contributed by atoms with Crippen molar-refractivity contribution in [2.45, 2.75) is 50.2 Å². The fourth-order valence-electron chi connectivity index (χ4n) is 4.52. The summed E-state index contributed by atoms with van der Waals surface area (Å²) in [5, 5.41) is 14.2. The first-order chi connectivity index (χ1) is 19.6. The molecule has 0 aliphatic carbocycles. The number of hydrogen-bond donors (Lipinski definition) is 9. The fourth-order valence-corrected chi connectivity index (χ4v) is 4.52. The van der Waals surface area contributed by atoms with E-state index in [2.05, 4.69) is 36.6 Å². The number of nitrogens with two attached hydrogens (primary N) is 3. The summed E-state index contributed by atoms with van der Waals surface area (Å²) >= 11 is 0. The van der Waals surface area contributed by atoms with Gasteiger partial charge in [0.05, 0.1) is 19.1 Å². The summed E-state index contributed by atoms with van der Waals surface area (Å²) in [6, 6.07) is 5.11. The molecule has 2 aromatic rings. The van der Waals surface area contributed by atoms with Crippen molar-refractivity contribution in [3.63, 3.8) is 0 Å².